The lowest BCUT2D eigenvalue weighted by atomic mass is 9.95. The van der Waals surface area contributed by atoms with Crippen molar-refractivity contribution in [2.24, 2.45) is 0 Å². The second kappa shape index (κ2) is 11.0. The summed E-state index contributed by atoms with van der Waals surface area (Å²) < 4.78 is 28.8. The number of nitrogens with one attached hydrogen (secondary N) is 1. The van der Waals surface area contributed by atoms with E-state index in [4.69, 9.17) is 0 Å². The van der Waals surface area contributed by atoms with E-state index in [0.29, 0.717) is 5.69 Å². The highest BCUT2D eigenvalue weighted by Crippen LogP contribution is 2.28. The van der Waals surface area contributed by atoms with Crippen LogP contribution >= 0.6 is 0 Å². The predicted octanol–water partition coefficient (Wildman–Crippen LogP) is 6.02. The van der Waals surface area contributed by atoms with Crippen LogP contribution in [-0.2, 0) is 14.8 Å². The van der Waals surface area contributed by atoms with Gasteiger partial charge in [-0.05, 0) is 79.8 Å². The number of benzene rings is 4. The molecule has 0 aliphatic heterocycles. The molecule has 6 heteroatoms. The van der Waals surface area contributed by atoms with E-state index in [2.05, 4.69) is 5.32 Å². The smallest absolute Gasteiger partial charge is 0.264 e. The lowest BCUT2D eigenvalue weighted by Gasteiger charge is -2.27. The third-order valence-electron chi connectivity index (χ3n) is 6.61. The Bertz CT molecular complexity index is 1500. The lowest BCUT2D eigenvalue weighted by molar-refractivity contribution is -0.120. The van der Waals surface area contributed by atoms with Gasteiger partial charge in [-0.25, -0.2) is 8.42 Å². The average molecular weight is 513 g/mol. The topological polar surface area (TPSA) is 66.5 Å². The molecule has 4 aromatic carbocycles. The first-order valence-electron chi connectivity index (χ1n) is 12.2. The van der Waals surface area contributed by atoms with Crippen molar-refractivity contribution in [3.05, 3.63) is 130 Å². The second-order valence-electron chi connectivity index (χ2n) is 9.36. The lowest BCUT2D eigenvalue weighted by Crippen LogP contribution is -2.42. The van der Waals surface area contributed by atoms with E-state index in [0.717, 1.165) is 33.4 Å². The molecule has 0 aliphatic rings. The molecule has 0 radical (unpaired) electrons. The van der Waals surface area contributed by atoms with Gasteiger partial charge < -0.3 is 5.32 Å². The van der Waals surface area contributed by atoms with Crippen LogP contribution in [0.3, 0.4) is 0 Å². The van der Waals surface area contributed by atoms with Crippen molar-refractivity contribution in [3.63, 3.8) is 0 Å². The van der Waals surface area contributed by atoms with E-state index in [-0.39, 0.29) is 11.4 Å². The summed E-state index contributed by atoms with van der Waals surface area (Å²) in [6, 6.07) is 29.3. The third-order valence-corrected chi connectivity index (χ3v) is 8.40. The van der Waals surface area contributed by atoms with Gasteiger partial charge in [0.05, 0.1) is 16.6 Å². The number of aryl methyl sites for hydroxylation is 4. The van der Waals surface area contributed by atoms with Crippen LogP contribution < -0.4 is 9.62 Å². The third kappa shape index (κ3) is 5.92. The maximum atomic E-state index is 13.8. The summed E-state index contributed by atoms with van der Waals surface area (Å²) in [6.07, 6.45) is 0. The van der Waals surface area contributed by atoms with Crippen LogP contribution in [0.15, 0.2) is 102 Å². The van der Waals surface area contributed by atoms with Crippen molar-refractivity contribution in [2.75, 3.05) is 10.8 Å². The molecule has 0 spiro atoms. The molecule has 190 valence electrons. The molecule has 0 heterocycles. The number of anilines is 1. The summed E-state index contributed by atoms with van der Waals surface area (Å²) in [5, 5.41) is 3.10. The van der Waals surface area contributed by atoms with Crippen LogP contribution in [0.1, 0.15) is 39.4 Å². The molecule has 0 fully saturated rings. The highest BCUT2D eigenvalue weighted by atomic mass is 32.2. The molecule has 0 saturated carbocycles. The van der Waals surface area contributed by atoms with Crippen molar-refractivity contribution in [2.45, 2.75) is 38.6 Å². The molecular weight excluding hydrogens is 480 g/mol. The number of nitrogens with zero attached hydrogens (tertiary/aromatic N) is 1. The zero-order valence-electron chi connectivity index (χ0n) is 21.6. The predicted molar refractivity (Wildman–Crippen MR) is 149 cm³/mol. The Morgan fingerprint density at radius 3 is 2.05 bits per heavy atom. The van der Waals surface area contributed by atoms with Gasteiger partial charge in [-0.15, -0.1) is 0 Å². The molecule has 37 heavy (non-hydrogen) atoms. The van der Waals surface area contributed by atoms with Gasteiger partial charge in [0.25, 0.3) is 10.0 Å². The Morgan fingerprint density at radius 2 is 1.41 bits per heavy atom. The van der Waals surface area contributed by atoms with Crippen molar-refractivity contribution in [1.29, 1.82) is 0 Å². The number of carbonyl (C=O) groups excluding carboxylic acids is 1. The molecule has 0 aromatic heterocycles. The largest absolute Gasteiger partial charge is 0.344 e. The molecule has 0 bridgehead atoms. The maximum Gasteiger partial charge on any atom is 0.264 e. The van der Waals surface area contributed by atoms with E-state index in [1.807, 2.05) is 94.4 Å². The van der Waals surface area contributed by atoms with Gasteiger partial charge in [0.15, 0.2) is 0 Å². The van der Waals surface area contributed by atoms with Crippen LogP contribution in [0.2, 0.25) is 0 Å². The van der Waals surface area contributed by atoms with Crippen LogP contribution in [0.4, 0.5) is 5.69 Å². The van der Waals surface area contributed by atoms with Gasteiger partial charge in [-0.3, -0.25) is 9.10 Å². The van der Waals surface area contributed by atoms with Gasteiger partial charge in [0.1, 0.15) is 6.54 Å². The Balaban J connectivity index is 1.72. The first-order chi connectivity index (χ1) is 17.7. The van der Waals surface area contributed by atoms with E-state index in [1.54, 1.807) is 30.3 Å². The minimum atomic E-state index is -4.00. The quantitative estimate of drug-likeness (QED) is 0.314. The molecule has 1 atom stereocenters. The molecule has 1 amide bonds. The van der Waals surface area contributed by atoms with Crippen molar-refractivity contribution >= 4 is 21.6 Å². The fraction of sp³-hybridized carbons (Fsp3) is 0.194. The Kier molecular flexibility index (Phi) is 7.79. The first kappa shape index (κ1) is 26.2. The molecule has 4 aromatic rings. The molecular formula is C31H32N2O3S. The molecule has 5 nitrogen and oxygen atoms in total. The van der Waals surface area contributed by atoms with Gasteiger partial charge >= 0.3 is 0 Å². The van der Waals surface area contributed by atoms with E-state index in [9.17, 15) is 13.2 Å². The zero-order valence-corrected chi connectivity index (χ0v) is 22.4. The van der Waals surface area contributed by atoms with Gasteiger partial charge in [0, 0.05) is 0 Å². The summed E-state index contributed by atoms with van der Waals surface area (Å²) >= 11 is 0. The van der Waals surface area contributed by atoms with Gasteiger partial charge in [-0.1, -0.05) is 78.4 Å². The molecule has 0 saturated heterocycles. The number of hydrogen-bond acceptors (Lipinski definition) is 3. The number of hydrogen-bond donors (Lipinski definition) is 1. The highest BCUT2D eigenvalue weighted by Gasteiger charge is 2.29. The minimum absolute atomic E-state index is 0.141. The normalized spacial score (nSPS) is 12.1. The van der Waals surface area contributed by atoms with Crippen molar-refractivity contribution in [3.8, 4) is 0 Å². The SMILES string of the molecule is Cc1ccc(S(=O)(=O)N(CC(=O)NC(c2ccccc2)c2ccccc2C)c2ccc(C)c(C)c2)cc1. The zero-order chi connectivity index (χ0) is 26.6. The number of amides is 1. The maximum absolute atomic E-state index is 13.8. The fourth-order valence-corrected chi connectivity index (χ4v) is 5.68. The van der Waals surface area contributed by atoms with Crippen molar-refractivity contribution in [1.82, 2.24) is 5.32 Å². The number of rotatable bonds is 8. The van der Waals surface area contributed by atoms with Crippen LogP contribution in [0.25, 0.3) is 0 Å². The minimum Gasteiger partial charge on any atom is -0.344 e. The summed E-state index contributed by atoms with van der Waals surface area (Å²) in [6.45, 7) is 7.45. The number of sulfonamides is 1. The van der Waals surface area contributed by atoms with E-state index < -0.39 is 22.0 Å². The van der Waals surface area contributed by atoms with Gasteiger partial charge in [0.2, 0.25) is 5.91 Å². The average Bonchev–Trinajstić information content (AvgIpc) is 2.89. The molecule has 1 N–H and O–H groups in total. The fourth-order valence-electron chi connectivity index (χ4n) is 4.27. The summed E-state index contributed by atoms with van der Waals surface area (Å²) in [4.78, 5) is 13.7. The molecule has 4 rings (SSSR count). The summed E-state index contributed by atoms with van der Waals surface area (Å²) in [5.41, 5.74) is 6.32. The Hall–Kier alpha value is -3.90. The van der Waals surface area contributed by atoms with Crippen LogP contribution in [0, 0.1) is 27.7 Å². The van der Waals surface area contributed by atoms with E-state index in [1.165, 1.54) is 4.31 Å². The standard InChI is InChI=1S/C31H32N2O3S/c1-22-14-18-28(19-15-22)37(35,36)33(27-17-16-23(2)25(4)20-27)21-30(34)32-31(26-11-6-5-7-12-26)29-13-9-8-10-24(29)3/h5-20,31H,21H2,1-4H3,(H,32,34). The molecule has 1 unspecified atom stereocenters. The first-order valence-corrected chi connectivity index (χ1v) is 13.7. The number of carbonyl (C=O) groups is 1. The Labute approximate surface area is 219 Å². The van der Waals surface area contributed by atoms with Crippen LogP contribution in [-0.4, -0.2) is 20.9 Å². The Morgan fingerprint density at radius 1 is 0.757 bits per heavy atom. The highest BCUT2D eigenvalue weighted by molar-refractivity contribution is 7.92. The monoisotopic (exact) mass is 512 g/mol. The van der Waals surface area contributed by atoms with Gasteiger partial charge in [-0.2, -0.15) is 0 Å². The summed E-state index contributed by atoms with van der Waals surface area (Å²) in [7, 11) is -4.00. The molecule has 0 aliphatic carbocycles. The summed E-state index contributed by atoms with van der Waals surface area (Å²) in [5.74, 6) is -0.397. The van der Waals surface area contributed by atoms with Crippen LogP contribution in [0.5, 0.6) is 0 Å². The second-order valence-corrected chi connectivity index (χ2v) is 11.2. The van der Waals surface area contributed by atoms with Crippen molar-refractivity contribution < 1.29 is 13.2 Å². The van der Waals surface area contributed by atoms with E-state index >= 15 is 0 Å².